The summed E-state index contributed by atoms with van der Waals surface area (Å²) in [5.41, 5.74) is 1.29. The molecule has 19 heavy (non-hydrogen) atoms. The molecular formula is C17H14O2. The minimum atomic E-state index is -0.855. The van der Waals surface area contributed by atoms with Gasteiger partial charge in [0.25, 0.3) is 0 Å². The largest absolute Gasteiger partial charge is 0.478 e. The highest BCUT2D eigenvalue weighted by atomic mass is 16.4. The van der Waals surface area contributed by atoms with Crippen LogP contribution >= 0.6 is 0 Å². The molecule has 2 heteroatoms. The van der Waals surface area contributed by atoms with Gasteiger partial charge in [0.15, 0.2) is 0 Å². The van der Waals surface area contributed by atoms with Gasteiger partial charge in [0, 0.05) is 0 Å². The second-order valence-electron chi connectivity index (χ2n) is 4.68. The van der Waals surface area contributed by atoms with Crippen LogP contribution in [0.4, 0.5) is 0 Å². The number of hydrogen-bond acceptors (Lipinski definition) is 1. The highest BCUT2D eigenvalue weighted by molar-refractivity contribution is 6.09. The van der Waals surface area contributed by atoms with Gasteiger partial charge in [-0.15, -0.1) is 0 Å². The van der Waals surface area contributed by atoms with E-state index in [1.165, 1.54) is 10.8 Å². The number of benzene rings is 3. The van der Waals surface area contributed by atoms with E-state index in [-0.39, 0.29) is 0 Å². The van der Waals surface area contributed by atoms with Crippen LogP contribution < -0.4 is 0 Å². The molecule has 2 nitrogen and oxygen atoms in total. The molecule has 0 saturated heterocycles. The minimum Gasteiger partial charge on any atom is -0.478 e. The van der Waals surface area contributed by atoms with Crippen LogP contribution in [0.5, 0.6) is 0 Å². The summed E-state index contributed by atoms with van der Waals surface area (Å²) in [5.74, 6) is -0.855. The zero-order valence-electron chi connectivity index (χ0n) is 10.7. The van der Waals surface area contributed by atoms with Gasteiger partial charge in [0.05, 0.1) is 5.56 Å². The SMILES string of the molecule is CCc1cc2c(ccc3ccccc32)cc1C(=O)O. The van der Waals surface area contributed by atoms with E-state index in [1.807, 2.05) is 37.3 Å². The second-order valence-corrected chi connectivity index (χ2v) is 4.68. The van der Waals surface area contributed by atoms with Crippen molar-refractivity contribution in [1.29, 1.82) is 0 Å². The van der Waals surface area contributed by atoms with Gasteiger partial charge in [-0.25, -0.2) is 4.79 Å². The standard InChI is InChI=1S/C17H14O2/c1-2-11-9-15-13(10-16(11)17(18)19)8-7-12-5-3-4-6-14(12)15/h3-10H,2H2,1H3,(H,18,19). The van der Waals surface area contributed by atoms with Crippen molar-refractivity contribution in [2.45, 2.75) is 13.3 Å². The minimum absolute atomic E-state index is 0.408. The van der Waals surface area contributed by atoms with E-state index >= 15 is 0 Å². The van der Waals surface area contributed by atoms with Crippen LogP contribution in [0.25, 0.3) is 21.5 Å². The third-order valence-electron chi connectivity index (χ3n) is 3.58. The average Bonchev–Trinajstić information content (AvgIpc) is 2.45. The molecule has 1 N–H and O–H groups in total. The van der Waals surface area contributed by atoms with E-state index in [0.717, 1.165) is 22.8 Å². The lowest BCUT2D eigenvalue weighted by molar-refractivity contribution is 0.0696. The molecule has 94 valence electrons. The topological polar surface area (TPSA) is 37.3 Å². The number of hydrogen-bond donors (Lipinski definition) is 1. The maximum absolute atomic E-state index is 11.3. The first kappa shape index (κ1) is 11.7. The first-order valence-electron chi connectivity index (χ1n) is 6.38. The Hall–Kier alpha value is -2.35. The van der Waals surface area contributed by atoms with Crippen LogP contribution in [-0.4, -0.2) is 11.1 Å². The number of aromatic carboxylic acids is 1. The fraction of sp³-hybridized carbons (Fsp3) is 0.118. The van der Waals surface area contributed by atoms with Gasteiger partial charge < -0.3 is 5.11 Å². The monoisotopic (exact) mass is 250 g/mol. The lowest BCUT2D eigenvalue weighted by Gasteiger charge is -2.09. The average molecular weight is 250 g/mol. The summed E-state index contributed by atoms with van der Waals surface area (Å²) in [5, 5.41) is 13.7. The Kier molecular flexibility index (Phi) is 2.71. The van der Waals surface area contributed by atoms with E-state index in [2.05, 4.69) is 12.1 Å². The van der Waals surface area contributed by atoms with Gasteiger partial charge in [-0.05, 0) is 45.7 Å². The number of carboxylic acids is 1. The zero-order chi connectivity index (χ0) is 13.4. The van der Waals surface area contributed by atoms with Crippen LogP contribution in [0.2, 0.25) is 0 Å². The molecule has 0 heterocycles. The normalized spacial score (nSPS) is 11.0. The Morgan fingerprint density at radius 1 is 1.00 bits per heavy atom. The summed E-state index contributed by atoms with van der Waals surface area (Å²) >= 11 is 0. The van der Waals surface area contributed by atoms with E-state index in [1.54, 1.807) is 6.07 Å². The molecule has 0 aliphatic carbocycles. The molecule has 3 rings (SSSR count). The van der Waals surface area contributed by atoms with Gasteiger partial charge in [-0.2, -0.15) is 0 Å². The predicted octanol–water partition coefficient (Wildman–Crippen LogP) is 4.25. The predicted molar refractivity (Wildman–Crippen MR) is 77.8 cm³/mol. The molecule has 0 aliphatic rings. The quantitative estimate of drug-likeness (QED) is 0.690. The van der Waals surface area contributed by atoms with Crippen molar-refractivity contribution >= 4 is 27.5 Å². The molecule has 0 unspecified atom stereocenters. The van der Waals surface area contributed by atoms with Crippen molar-refractivity contribution in [3.05, 3.63) is 59.7 Å². The lowest BCUT2D eigenvalue weighted by atomic mass is 9.95. The van der Waals surface area contributed by atoms with Crippen molar-refractivity contribution in [2.75, 3.05) is 0 Å². The van der Waals surface area contributed by atoms with E-state index < -0.39 is 5.97 Å². The highest BCUT2D eigenvalue weighted by Gasteiger charge is 2.11. The molecule has 0 bridgehead atoms. The molecule has 0 amide bonds. The van der Waals surface area contributed by atoms with Crippen molar-refractivity contribution in [3.8, 4) is 0 Å². The first-order valence-corrected chi connectivity index (χ1v) is 6.38. The van der Waals surface area contributed by atoms with E-state index in [4.69, 9.17) is 0 Å². The first-order chi connectivity index (χ1) is 9.20. The van der Waals surface area contributed by atoms with Crippen LogP contribution in [-0.2, 0) is 6.42 Å². The molecule has 0 saturated carbocycles. The summed E-state index contributed by atoms with van der Waals surface area (Å²) in [6.07, 6.45) is 0.723. The van der Waals surface area contributed by atoms with Gasteiger partial charge in [-0.3, -0.25) is 0 Å². The highest BCUT2D eigenvalue weighted by Crippen LogP contribution is 2.28. The van der Waals surface area contributed by atoms with Crippen LogP contribution in [0.15, 0.2) is 48.5 Å². The van der Waals surface area contributed by atoms with Crippen molar-refractivity contribution < 1.29 is 9.90 Å². The molecule has 3 aromatic carbocycles. The fourth-order valence-electron chi connectivity index (χ4n) is 2.59. The third-order valence-corrected chi connectivity index (χ3v) is 3.58. The molecule has 0 radical (unpaired) electrons. The molecular weight excluding hydrogens is 236 g/mol. The van der Waals surface area contributed by atoms with Gasteiger partial charge in [-0.1, -0.05) is 43.3 Å². The Labute approximate surface area is 111 Å². The lowest BCUT2D eigenvalue weighted by Crippen LogP contribution is -2.01. The summed E-state index contributed by atoms with van der Waals surface area (Å²) in [6.45, 7) is 1.98. The van der Waals surface area contributed by atoms with E-state index in [0.29, 0.717) is 5.56 Å². The zero-order valence-corrected chi connectivity index (χ0v) is 10.7. The third kappa shape index (κ3) is 1.85. The fourth-order valence-corrected chi connectivity index (χ4v) is 2.59. The number of fused-ring (bicyclic) bond motifs is 3. The Bertz CT molecular complexity index is 788. The molecule has 0 fully saturated rings. The smallest absolute Gasteiger partial charge is 0.335 e. The van der Waals surface area contributed by atoms with Crippen molar-refractivity contribution in [1.82, 2.24) is 0 Å². The molecule has 3 aromatic rings. The molecule has 0 aromatic heterocycles. The maximum Gasteiger partial charge on any atom is 0.335 e. The Morgan fingerprint density at radius 2 is 1.74 bits per heavy atom. The molecule has 0 aliphatic heterocycles. The molecule has 0 atom stereocenters. The van der Waals surface area contributed by atoms with Gasteiger partial charge >= 0.3 is 5.97 Å². The van der Waals surface area contributed by atoms with E-state index in [9.17, 15) is 9.90 Å². The molecule has 0 spiro atoms. The van der Waals surface area contributed by atoms with Crippen molar-refractivity contribution in [3.63, 3.8) is 0 Å². The number of carbonyl (C=O) groups is 1. The van der Waals surface area contributed by atoms with Crippen LogP contribution in [0.1, 0.15) is 22.8 Å². The van der Waals surface area contributed by atoms with Gasteiger partial charge in [0.2, 0.25) is 0 Å². The number of carboxylic acid groups (broad SMARTS) is 1. The number of aryl methyl sites for hydroxylation is 1. The van der Waals surface area contributed by atoms with Crippen LogP contribution in [0, 0.1) is 0 Å². The summed E-state index contributed by atoms with van der Waals surface area (Å²) in [7, 11) is 0. The van der Waals surface area contributed by atoms with Gasteiger partial charge in [0.1, 0.15) is 0 Å². The summed E-state index contributed by atoms with van der Waals surface area (Å²) < 4.78 is 0. The Morgan fingerprint density at radius 3 is 2.47 bits per heavy atom. The maximum atomic E-state index is 11.3. The van der Waals surface area contributed by atoms with Crippen LogP contribution in [0.3, 0.4) is 0 Å². The summed E-state index contributed by atoms with van der Waals surface area (Å²) in [4.78, 5) is 11.3. The Balaban J connectivity index is 2.44. The second kappa shape index (κ2) is 4.39. The van der Waals surface area contributed by atoms with Crippen molar-refractivity contribution in [2.24, 2.45) is 0 Å². The summed E-state index contributed by atoms with van der Waals surface area (Å²) in [6, 6.07) is 16.0. The number of rotatable bonds is 2.